The van der Waals surface area contributed by atoms with Gasteiger partial charge in [-0.15, -0.1) is 22.9 Å². The fourth-order valence-electron chi connectivity index (χ4n) is 5.53. The average molecular weight is 506 g/mol. The molecular formula is C23H28ClN5O4S. The van der Waals surface area contributed by atoms with Crippen LogP contribution in [-0.2, 0) is 9.53 Å². The molecule has 0 unspecified atom stereocenters. The molecule has 1 saturated carbocycles. The summed E-state index contributed by atoms with van der Waals surface area (Å²) in [6.45, 7) is 2.25. The van der Waals surface area contributed by atoms with Crippen LogP contribution in [0.4, 0.5) is 0 Å². The van der Waals surface area contributed by atoms with Crippen molar-refractivity contribution in [3.63, 3.8) is 0 Å². The summed E-state index contributed by atoms with van der Waals surface area (Å²) in [6.07, 6.45) is 7.14. The molecule has 2 aliphatic heterocycles. The maximum Gasteiger partial charge on any atom is 0.277 e. The van der Waals surface area contributed by atoms with Crippen LogP contribution in [0, 0.1) is 12.8 Å². The number of aliphatic hydroxyl groups is 1. The molecule has 2 amide bonds. The average Bonchev–Trinajstić information content (AvgIpc) is 3.52. The molecule has 2 aromatic heterocycles. The molecule has 4 heterocycles. The molecule has 1 aliphatic carbocycles. The Hall–Kier alpha value is -2.14. The number of hydrogen-bond donors (Lipinski definition) is 2. The van der Waals surface area contributed by atoms with E-state index in [0.29, 0.717) is 28.5 Å². The number of fused-ring (bicyclic) bond motifs is 1. The standard InChI is InChI=1S/C23H28ClN5O4S/c1-11-26-7-13(8-27-11)20-17(28-22(34-20)21(25)31)16(12-5-3-2-4-6-12)23(32)29-9-14(24)19-18(29)15(30)10-33-19/h7-8,12,14-16,18-19,30H,2-6,9-10H2,1H3,(H2,25,31)/t14-,15-,16-,18+,19+/m0/s1. The second-order valence-corrected chi connectivity index (χ2v) is 10.9. The van der Waals surface area contributed by atoms with Crippen LogP contribution in [0.5, 0.6) is 0 Å². The van der Waals surface area contributed by atoms with Crippen LogP contribution in [0.15, 0.2) is 12.4 Å². The van der Waals surface area contributed by atoms with E-state index in [1.807, 2.05) is 0 Å². The number of carbonyl (C=O) groups is 2. The topological polar surface area (TPSA) is 132 Å². The first kappa shape index (κ1) is 23.6. The lowest BCUT2D eigenvalue weighted by Crippen LogP contribution is -2.47. The number of amides is 2. The van der Waals surface area contributed by atoms with Crippen molar-refractivity contribution in [2.75, 3.05) is 13.2 Å². The van der Waals surface area contributed by atoms with Crippen LogP contribution in [0.3, 0.4) is 0 Å². The van der Waals surface area contributed by atoms with Crippen LogP contribution >= 0.6 is 22.9 Å². The number of thiazole rings is 1. The van der Waals surface area contributed by atoms with Gasteiger partial charge >= 0.3 is 0 Å². The molecule has 2 saturated heterocycles. The summed E-state index contributed by atoms with van der Waals surface area (Å²) in [5.74, 6) is -0.679. The van der Waals surface area contributed by atoms with E-state index < -0.39 is 30.1 Å². The summed E-state index contributed by atoms with van der Waals surface area (Å²) >= 11 is 7.68. The van der Waals surface area contributed by atoms with Gasteiger partial charge < -0.3 is 20.5 Å². The summed E-state index contributed by atoms with van der Waals surface area (Å²) in [5, 5.41) is 10.3. The zero-order valence-electron chi connectivity index (χ0n) is 18.9. The first-order chi connectivity index (χ1) is 16.3. The molecule has 182 valence electrons. The molecule has 9 nitrogen and oxygen atoms in total. The van der Waals surface area contributed by atoms with Gasteiger partial charge in [0.15, 0.2) is 5.01 Å². The van der Waals surface area contributed by atoms with Crippen molar-refractivity contribution in [2.24, 2.45) is 11.7 Å². The summed E-state index contributed by atoms with van der Waals surface area (Å²) in [6, 6.07) is -0.485. The third-order valence-corrected chi connectivity index (χ3v) is 8.67. The lowest BCUT2D eigenvalue weighted by Gasteiger charge is -2.34. The number of likely N-dealkylation sites (tertiary alicyclic amines) is 1. The van der Waals surface area contributed by atoms with Crippen LogP contribution in [0.2, 0.25) is 0 Å². The lowest BCUT2D eigenvalue weighted by atomic mass is 9.77. The van der Waals surface area contributed by atoms with Crippen molar-refractivity contribution in [2.45, 2.75) is 68.6 Å². The number of halogens is 1. The predicted octanol–water partition coefficient (Wildman–Crippen LogP) is 2.25. The third kappa shape index (κ3) is 4.21. The maximum atomic E-state index is 14.2. The summed E-state index contributed by atoms with van der Waals surface area (Å²) in [4.78, 5) is 41.9. The van der Waals surface area contributed by atoms with Gasteiger partial charge in [-0.3, -0.25) is 9.59 Å². The molecule has 34 heavy (non-hydrogen) atoms. The highest BCUT2D eigenvalue weighted by Gasteiger charge is 2.53. The zero-order chi connectivity index (χ0) is 24.0. The van der Waals surface area contributed by atoms with Crippen LogP contribution < -0.4 is 5.73 Å². The van der Waals surface area contributed by atoms with Crippen molar-refractivity contribution < 1.29 is 19.4 Å². The Balaban J connectivity index is 1.60. The first-order valence-corrected chi connectivity index (χ1v) is 12.9. The van der Waals surface area contributed by atoms with Crippen molar-refractivity contribution in [1.82, 2.24) is 19.9 Å². The number of carbonyl (C=O) groups excluding carboxylic acids is 2. The Bertz CT molecular complexity index is 1070. The smallest absolute Gasteiger partial charge is 0.277 e. The first-order valence-electron chi connectivity index (χ1n) is 11.7. The fourth-order valence-corrected chi connectivity index (χ4v) is 6.84. The second-order valence-electron chi connectivity index (χ2n) is 9.35. The van der Waals surface area contributed by atoms with Crippen molar-refractivity contribution in [3.8, 4) is 10.4 Å². The number of nitrogens with two attached hydrogens (primary N) is 1. The zero-order valence-corrected chi connectivity index (χ0v) is 20.5. The van der Waals surface area contributed by atoms with Crippen molar-refractivity contribution in [1.29, 1.82) is 0 Å². The van der Waals surface area contributed by atoms with Gasteiger partial charge in [0.1, 0.15) is 11.9 Å². The highest BCUT2D eigenvalue weighted by Crippen LogP contribution is 2.44. The number of aromatic nitrogens is 3. The van der Waals surface area contributed by atoms with Crippen molar-refractivity contribution in [3.05, 3.63) is 28.9 Å². The number of alkyl halides is 1. The molecule has 5 rings (SSSR count). The van der Waals surface area contributed by atoms with E-state index in [4.69, 9.17) is 22.1 Å². The monoisotopic (exact) mass is 505 g/mol. The molecule has 5 atom stereocenters. The minimum atomic E-state index is -0.786. The van der Waals surface area contributed by atoms with Gasteiger partial charge in [-0.05, 0) is 25.7 Å². The summed E-state index contributed by atoms with van der Waals surface area (Å²) in [5.41, 5.74) is 6.82. The van der Waals surface area contributed by atoms with E-state index in [1.54, 1.807) is 24.2 Å². The normalized spacial score (nSPS) is 28.1. The minimum Gasteiger partial charge on any atom is -0.388 e. The van der Waals surface area contributed by atoms with E-state index in [-0.39, 0.29) is 28.8 Å². The van der Waals surface area contributed by atoms with Gasteiger partial charge in [0.25, 0.3) is 5.91 Å². The molecule has 3 fully saturated rings. The van der Waals surface area contributed by atoms with E-state index in [9.17, 15) is 14.7 Å². The van der Waals surface area contributed by atoms with Crippen molar-refractivity contribution >= 4 is 34.8 Å². The lowest BCUT2D eigenvalue weighted by molar-refractivity contribution is -0.137. The summed E-state index contributed by atoms with van der Waals surface area (Å²) in [7, 11) is 0. The Morgan fingerprint density at radius 1 is 1.26 bits per heavy atom. The SMILES string of the molecule is Cc1ncc(-c2sc(C(N)=O)nc2[C@@H](C(=O)N2C[C@H](Cl)[C@H]3OC[C@H](O)[C@H]32)C2CCCCC2)cn1. The quantitative estimate of drug-likeness (QED) is 0.595. The highest BCUT2D eigenvalue weighted by atomic mass is 35.5. The second kappa shape index (κ2) is 9.49. The largest absolute Gasteiger partial charge is 0.388 e. The Kier molecular flexibility index (Phi) is 6.58. The Morgan fingerprint density at radius 2 is 1.97 bits per heavy atom. The van der Waals surface area contributed by atoms with E-state index in [2.05, 4.69) is 15.0 Å². The van der Waals surface area contributed by atoms with E-state index in [1.165, 1.54) is 0 Å². The Morgan fingerprint density at radius 3 is 2.65 bits per heavy atom. The number of primary amides is 1. The summed E-state index contributed by atoms with van der Waals surface area (Å²) < 4.78 is 5.69. The predicted molar refractivity (Wildman–Crippen MR) is 127 cm³/mol. The number of aliphatic hydroxyl groups excluding tert-OH is 1. The number of rotatable bonds is 5. The van der Waals surface area contributed by atoms with Gasteiger partial charge in [0.05, 0.1) is 40.6 Å². The van der Waals surface area contributed by atoms with Crippen LogP contribution in [0.1, 0.15) is 59.3 Å². The highest BCUT2D eigenvalue weighted by molar-refractivity contribution is 7.17. The molecular weight excluding hydrogens is 478 g/mol. The molecule has 0 aromatic carbocycles. The van der Waals surface area contributed by atoms with Crippen LogP contribution in [0.25, 0.3) is 10.4 Å². The van der Waals surface area contributed by atoms with E-state index >= 15 is 0 Å². The third-order valence-electron chi connectivity index (χ3n) is 7.15. The molecule has 3 aliphatic rings. The molecule has 3 N–H and O–H groups in total. The van der Waals surface area contributed by atoms with Crippen LogP contribution in [-0.4, -0.2) is 73.6 Å². The minimum absolute atomic E-state index is 0.0569. The van der Waals surface area contributed by atoms with Gasteiger partial charge in [0, 0.05) is 24.5 Å². The molecule has 11 heteroatoms. The Labute approximate surface area is 206 Å². The fraction of sp³-hybridized carbons (Fsp3) is 0.609. The van der Waals surface area contributed by atoms with Gasteiger partial charge in [-0.1, -0.05) is 19.3 Å². The molecule has 0 spiro atoms. The van der Waals surface area contributed by atoms with E-state index in [0.717, 1.165) is 43.4 Å². The number of hydrogen-bond acceptors (Lipinski definition) is 8. The molecule has 0 bridgehead atoms. The number of aryl methyl sites for hydroxylation is 1. The number of ether oxygens (including phenoxy) is 1. The van der Waals surface area contributed by atoms with Gasteiger partial charge in [0.2, 0.25) is 5.91 Å². The molecule has 2 aromatic rings. The molecule has 0 radical (unpaired) electrons. The van der Waals surface area contributed by atoms with Gasteiger partial charge in [-0.2, -0.15) is 0 Å². The van der Waals surface area contributed by atoms with Gasteiger partial charge in [-0.25, -0.2) is 15.0 Å². The maximum absolute atomic E-state index is 14.2. The number of nitrogens with zero attached hydrogens (tertiary/aromatic N) is 4.